The summed E-state index contributed by atoms with van der Waals surface area (Å²) in [6.07, 6.45) is 0.713. The molecule has 2 amide bonds. The van der Waals surface area contributed by atoms with Crippen LogP contribution in [0.1, 0.15) is 24.8 Å². The predicted molar refractivity (Wildman–Crippen MR) is 87.5 cm³/mol. The Morgan fingerprint density at radius 2 is 2.15 bits per heavy atom. The summed E-state index contributed by atoms with van der Waals surface area (Å²) >= 11 is 0. The van der Waals surface area contributed by atoms with Crippen LogP contribution >= 0.6 is 0 Å². The number of nitrogens with one attached hydrogen (secondary N) is 2. The molecule has 0 saturated heterocycles. The second-order valence-electron chi connectivity index (χ2n) is 6.09. The quantitative estimate of drug-likeness (QED) is 0.872. The summed E-state index contributed by atoms with van der Waals surface area (Å²) in [6.45, 7) is 0. The van der Waals surface area contributed by atoms with Crippen molar-refractivity contribution in [2.24, 2.45) is 5.92 Å². The lowest BCUT2D eigenvalue weighted by Crippen LogP contribution is -2.39. The molecular formula is C17H16F3N5O. The van der Waals surface area contributed by atoms with Crippen LogP contribution in [0.25, 0.3) is 5.69 Å². The first-order valence-electron chi connectivity index (χ1n) is 8.06. The normalized spacial score (nSPS) is 19.8. The Morgan fingerprint density at radius 3 is 2.88 bits per heavy atom. The number of nitriles is 1. The van der Waals surface area contributed by atoms with E-state index in [4.69, 9.17) is 5.26 Å². The topological polar surface area (TPSA) is 82.7 Å². The summed E-state index contributed by atoms with van der Waals surface area (Å²) in [5.41, 5.74) is -0.207. The van der Waals surface area contributed by atoms with Gasteiger partial charge in [-0.3, -0.25) is 0 Å². The van der Waals surface area contributed by atoms with Crippen LogP contribution in [0.5, 0.6) is 0 Å². The van der Waals surface area contributed by atoms with E-state index < -0.39 is 17.8 Å². The van der Waals surface area contributed by atoms with E-state index in [0.717, 1.165) is 31.4 Å². The van der Waals surface area contributed by atoms with E-state index in [9.17, 15) is 18.0 Å². The summed E-state index contributed by atoms with van der Waals surface area (Å²) in [4.78, 5) is 12.0. The van der Waals surface area contributed by atoms with E-state index in [2.05, 4.69) is 21.8 Å². The minimum atomic E-state index is -4.44. The number of hydrogen-bond donors (Lipinski definition) is 2. The molecule has 1 aromatic heterocycles. The number of carbonyl (C=O) groups is 1. The van der Waals surface area contributed by atoms with Crippen molar-refractivity contribution in [2.75, 3.05) is 5.32 Å². The highest BCUT2D eigenvalue weighted by Gasteiger charge is 2.31. The molecular weight excluding hydrogens is 347 g/mol. The minimum absolute atomic E-state index is 0.196. The van der Waals surface area contributed by atoms with Crippen molar-refractivity contribution in [3.63, 3.8) is 0 Å². The van der Waals surface area contributed by atoms with Gasteiger partial charge in [-0.05, 0) is 37.5 Å². The van der Waals surface area contributed by atoms with Gasteiger partial charge >= 0.3 is 12.2 Å². The summed E-state index contributed by atoms with van der Waals surface area (Å²) in [5, 5.41) is 18.3. The van der Waals surface area contributed by atoms with E-state index in [-0.39, 0.29) is 17.6 Å². The highest BCUT2D eigenvalue weighted by molar-refractivity contribution is 5.89. The Kier molecular flexibility index (Phi) is 4.84. The second kappa shape index (κ2) is 7.07. The monoisotopic (exact) mass is 363 g/mol. The van der Waals surface area contributed by atoms with Gasteiger partial charge in [0.15, 0.2) is 0 Å². The average molecular weight is 363 g/mol. The third-order valence-corrected chi connectivity index (χ3v) is 4.28. The Hall–Kier alpha value is -3.02. The third-order valence-electron chi connectivity index (χ3n) is 4.28. The number of carbonyl (C=O) groups excluding carboxylic acids is 1. The molecule has 1 aromatic carbocycles. The first kappa shape index (κ1) is 17.8. The zero-order valence-electron chi connectivity index (χ0n) is 13.6. The first-order chi connectivity index (χ1) is 12.4. The first-order valence-corrected chi connectivity index (χ1v) is 8.06. The van der Waals surface area contributed by atoms with E-state index in [1.165, 1.54) is 29.2 Å². The summed E-state index contributed by atoms with van der Waals surface area (Å²) < 4.78 is 39.6. The van der Waals surface area contributed by atoms with Gasteiger partial charge in [-0.25, -0.2) is 9.48 Å². The molecule has 1 fully saturated rings. The molecule has 1 aliphatic carbocycles. The van der Waals surface area contributed by atoms with Crippen LogP contribution in [0.4, 0.5) is 23.7 Å². The minimum Gasteiger partial charge on any atom is -0.334 e. The van der Waals surface area contributed by atoms with Crippen LogP contribution in [-0.4, -0.2) is 21.9 Å². The number of halogens is 3. The lowest BCUT2D eigenvalue weighted by Gasteiger charge is -2.15. The van der Waals surface area contributed by atoms with Crippen molar-refractivity contribution in [2.45, 2.75) is 31.5 Å². The fourth-order valence-corrected chi connectivity index (χ4v) is 2.98. The lowest BCUT2D eigenvalue weighted by molar-refractivity contribution is -0.137. The summed E-state index contributed by atoms with van der Waals surface area (Å²) in [7, 11) is 0. The Morgan fingerprint density at radius 1 is 1.35 bits per heavy atom. The van der Waals surface area contributed by atoms with Gasteiger partial charge in [0.05, 0.1) is 41.3 Å². The molecule has 9 heteroatoms. The molecule has 136 valence electrons. The van der Waals surface area contributed by atoms with Gasteiger partial charge in [-0.15, -0.1) is 0 Å². The highest BCUT2D eigenvalue weighted by Crippen LogP contribution is 2.30. The smallest absolute Gasteiger partial charge is 0.334 e. The molecule has 2 atom stereocenters. The standard InChI is InChI=1S/C17H16F3N5O/c18-17(19,20)12-4-2-5-14(7-12)25-10-13(9-22-25)23-16(26)24-15-6-1-3-11(15)8-21/h2,4-5,7,9-11,15H,1,3,6H2,(H2,23,24,26). The van der Waals surface area contributed by atoms with Crippen molar-refractivity contribution in [3.05, 3.63) is 42.2 Å². The average Bonchev–Trinajstić information content (AvgIpc) is 3.23. The fraction of sp³-hybridized carbons (Fsp3) is 0.353. The Bertz CT molecular complexity index is 839. The van der Waals surface area contributed by atoms with Crippen molar-refractivity contribution >= 4 is 11.7 Å². The lowest BCUT2D eigenvalue weighted by atomic mass is 10.1. The number of aromatic nitrogens is 2. The molecule has 2 unspecified atom stereocenters. The number of anilines is 1. The molecule has 1 heterocycles. The maximum absolute atomic E-state index is 12.8. The van der Waals surface area contributed by atoms with E-state index >= 15 is 0 Å². The Labute approximate surface area is 147 Å². The molecule has 0 bridgehead atoms. The number of nitrogens with zero attached hydrogens (tertiary/aromatic N) is 3. The molecule has 26 heavy (non-hydrogen) atoms. The van der Waals surface area contributed by atoms with Crippen LogP contribution in [0.15, 0.2) is 36.7 Å². The van der Waals surface area contributed by atoms with Crippen LogP contribution in [-0.2, 0) is 6.18 Å². The summed E-state index contributed by atoms with van der Waals surface area (Å²) in [6, 6.07) is 6.25. The largest absolute Gasteiger partial charge is 0.416 e. The second-order valence-corrected chi connectivity index (χ2v) is 6.09. The van der Waals surface area contributed by atoms with Crippen LogP contribution in [0.2, 0.25) is 0 Å². The number of alkyl halides is 3. The molecule has 3 rings (SSSR count). The van der Waals surface area contributed by atoms with Gasteiger partial charge in [0.2, 0.25) is 0 Å². The van der Waals surface area contributed by atoms with Crippen molar-refractivity contribution in [1.82, 2.24) is 15.1 Å². The SMILES string of the molecule is N#CC1CCCC1NC(=O)Nc1cnn(-c2cccc(C(F)(F)F)c2)c1. The molecule has 0 radical (unpaired) electrons. The van der Waals surface area contributed by atoms with E-state index in [1.54, 1.807) is 0 Å². The molecule has 2 N–H and O–H groups in total. The van der Waals surface area contributed by atoms with Crippen molar-refractivity contribution in [1.29, 1.82) is 5.26 Å². The van der Waals surface area contributed by atoms with Crippen LogP contribution in [0, 0.1) is 17.2 Å². The number of benzene rings is 1. The van der Waals surface area contributed by atoms with Gasteiger partial charge < -0.3 is 10.6 Å². The van der Waals surface area contributed by atoms with Crippen molar-refractivity contribution < 1.29 is 18.0 Å². The molecule has 0 spiro atoms. The number of hydrogen-bond acceptors (Lipinski definition) is 3. The van der Waals surface area contributed by atoms with Crippen LogP contribution in [0.3, 0.4) is 0 Å². The van der Waals surface area contributed by atoms with E-state index in [0.29, 0.717) is 5.69 Å². The van der Waals surface area contributed by atoms with Gasteiger partial charge in [0.1, 0.15) is 0 Å². The molecule has 6 nitrogen and oxygen atoms in total. The zero-order chi connectivity index (χ0) is 18.7. The Balaban J connectivity index is 1.67. The third kappa shape index (κ3) is 3.96. The molecule has 1 saturated carbocycles. The van der Waals surface area contributed by atoms with Gasteiger partial charge in [0.25, 0.3) is 0 Å². The molecule has 0 aliphatic heterocycles. The molecule has 1 aliphatic rings. The number of amides is 2. The predicted octanol–water partition coefficient (Wildman–Crippen LogP) is 3.70. The summed E-state index contributed by atoms with van der Waals surface area (Å²) in [5.74, 6) is -0.200. The maximum atomic E-state index is 12.8. The highest BCUT2D eigenvalue weighted by atomic mass is 19.4. The van der Waals surface area contributed by atoms with Crippen LogP contribution < -0.4 is 10.6 Å². The van der Waals surface area contributed by atoms with Gasteiger partial charge in [-0.1, -0.05) is 6.07 Å². The van der Waals surface area contributed by atoms with Gasteiger partial charge in [-0.2, -0.15) is 23.5 Å². The number of urea groups is 1. The molecule has 2 aromatic rings. The fourth-order valence-electron chi connectivity index (χ4n) is 2.98. The van der Waals surface area contributed by atoms with Gasteiger partial charge in [0, 0.05) is 6.04 Å². The van der Waals surface area contributed by atoms with E-state index in [1.807, 2.05) is 0 Å². The zero-order valence-corrected chi connectivity index (χ0v) is 13.6. The number of rotatable bonds is 3. The van der Waals surface area contributed by atoms with Crippen molar-refractivity contribution in [3.8, 4) is 11.8 Å². The maximum Gasteiger partial charge on any atom is 0.416 e.